The standard InChI is InChI=1S/C9H10O5/c1-2-3-13-9(12)7-4-6(5-14-7)8(10)11/h4-5H,2-3H2,1H3,(H,10,11). The molecule has 0 radical (unpaired) electrons. The molecule has 0 aliphatic carbocycles. The van der Waals surface area contributed by atoms with Crippen LogP contribution in [0.25, 0.3) is 0 Å². The van der Waals surface area contributed by atoms with E-state index in [1.807, 2.05) is 6.92 Å². The van der Waals surface area contributed by atoms with Crippen LogP contribution >= 0.6 is 0 Å². The summed E-state index contributed by atoms with van der Waals surface area (Å²) in [5.74, 6) is -1.86. The highest BCUT2D eigenvalue weighted by atomic mass is 16.5. The van der Waals surface area contributed by atoms with Gasteiger partial charge in [0.15, 0.2) is 0 Å². The van der Waals surface area contributed by atoms with Gasteiger partial charge in [-0.3, -0.25) is 0 Å². The summed E-state index contributed by atoms with van der Waals surface area (Å²) in [7, 11) is 0. The maximum Gasteiger partial charge on any atom is 0.374 e. The number of carbonyl (C=O) groups is 2. The fourth-order valence-electron chi connectivity index (χ4n) is 0.821. The monoisotopic (exact) mass is 198 g/mol. The van der Waals surface area contributed by atoms with E-state index in [9.17, 15) is 9.59 Å². The summed E-state index contributed by atoms with van der Waals surface area (Å²) < 4.78 is 9.47. The van der Waals surface area contributed by atoms with Crippen LogP contribution in [0.4, 0.5) is 0 Å². The minimum atomic E-state index is -1.14. The van der Waals surface area contributed by atoms with E-state index in [2.05, 4.69) is 0 Å². The van der Waals surface area contributed by atoms with Crippen molar-refractivity contribution >= 4 is 11.9 Å². The molecule has 1 rings (SSSR count). The molecule has 0 spiro atoms. The topological polar surface area (TPSA) is 76.7 Å². The molecule has 0 bridgehead atoms. The largest absolute Gasteiger partial charge is 0.478 e. The van der Waals surface area contributed by atoms with Crippen molar-refractivity contribution in [2.24, 2.45) is 0 Å². The first-order chi connectivity index (χ1) is 6.65. The Morgan fingerprint density at radius 3 is 2.79 bits per heavy atom. The molecule has 0 fully saturated rings. The van der Waals surface area contributed by atoms with E-state index in [0.29, 0.717) is 13.0 Å². The van der Waals surface area contributed by atoms with Gasteiger partial charge >= 0.3 is 11.9 Å². The summed E-state index contributed by atoms with van der Waals surface area (Å²) in [6.07, 6.45) is 1.71. The predicted octanol–water partition coefficient (Wildman–Crippen LogP) is 1.54. The Bertz CT molecular complexity index is 339. The summed E-state index contributed by atoms with van der Waals surface area (Å²) in [5, 5.41) is 8.54. The second kappa shape index (κ2) is 4.45. The van der Waals surface area contributed by atoms with Gasteiger partial charge in [-0.05, 0) is 6.42 Å². The lowest BCUT2D eigenvalue weighted by atomic mass is 10.3. The van der Waals surface area contributed by atoms with Crippen molar-refractivity contribution in [1.82, 2.24) is 0 Å². The lowest BCUT2D eigenvalue weighted by Crippen LogP contribution is -2.04. The van der Waals surface area contributed by atoms with Crippen molar-refractivity contribution in [3.05, 3.63) is 23.7 Å². The zero-order chi connectivity index (χ0) is 10.6. The van der Waals surface area contributed by atoms with Gasteiger partial charge in [-0.15, -0.1) is 0 Å². The van der Waals surface area contributed by atoms with Crippen molar-refractivity contribution in [3.63, 3.8) is 0 Å². The molecular weight excluding hydrogens is 188 g/mol. The maximum absolute atomic E-state index is 11.1. The molecule has 0 aliphatic heterocycles. The Morgan fingerprint density at radius 1 is 1.57 bits per heavy atom. The van der Waals surface area contributed by atoms with Gasteiger partial charge in [0.25, 0.3) is 0 Å². The predicted molar refractivity (Wildman–Crippen MR) is 46.2 cm³/mol. The van der Waals surface area contributed by atoms with Gasteiger partial charge in [-0.1, -0.05) is 6.92 Å². The van der Waals surface area contributed by atoms with Crippen LogP contribution in [0, 0.1) is 0 Å². The molecule has 1 aromatic heterocycles. The van der Waals surface area contributed by atoms with Crippen LogP contribution in [0.2, 0.25) is 0 Å². The number of carboxylic acid groups (broad SMARTS) is 1. The Balaban J connectivity index is 2.66. The fourth-order valence-corrected chi connectivity index (χ4v) is 0.821. The Hall–Kier alpha value is -1.78. The molecule has 0 aliphatic rings. The molecule has 0 saturated carbocycles. The van der Waals surface area contributed by atoms with Crippen molar-refractivity contribution in [1.29, 1.82) is 0 Å². The van der Waals surface area contributed by atoms with Crippen LogP contribution in [0.1, 0.15) is 34.3 Å². The van der Waals surface area contributed by atoms with E-state index < -0.39 is 11.9 Å². The second-order valence-corrected chi connectivity index (χ2v) is 2.64. The molecule has 0 aromatic carbocycles. The number of esters is 1. The van der Waals surface area contributed by atoms with Crippen LogP contribution in [0.15, 0.2) is 16.7 Å². The van der Waals surface area contributed by atoms with E-state index >= 15 is 0 Å². The molecule has 1 aromatic rings. The van der Waals surface area contributed by atoms with Crippen LogP contribution in [-0.2, 0) is 4.74 Å². The fraction of sp³-hybridized carbons (Fsp3) is 0.333. The van der Waals surface area contributed by atoms with E-state index in [4.69, 9.17) is 14.3 Å². The third-order valence-corrected chi connectivity index (χ3v) is 1.48. The SMILES string of the molecule is CCCOC(=O)c1cc(C(=O)O)co1. The molecule has 0 saturated heterocycles. The molecule has 1 N–H and O–H groups in total. The first kappa shape index (κ1) is 10.3. The van der Waals surface area contributed by atoms with Gasteiger partial charge in [0.1, 0.15) is 6.26 Å². The minimum absolute atomic E-state index is 0.0616. The number of aromatic carboxylic acids is 1. The van der Waals surface area contributed by atoms with Crippen LogP contribution in [0.3, 0.4) is 0 Å². The van der Waals surface area contributed by atoms with Crippen molar-refractivity contribution in [2.45, 2.75) is 13.3 Å². The van der Waals surface area contributed by atoms with Gasteiger partial charge < -0.3 is 14.3 Å². The van der Waals surface area contributed by atoms with E-state index in [0.717, 1.165) is 12.3 Å². The van der Waals surface area contributed by atoms with Crippen LogP contribution in [-0.4, -0.2) is 23.7 Å². The van der Waals surface area contributed by atoms with Crippen LogP contribution < -0.4 is 0 Å². The summed E-state index contributed by atoms with van der Waals surface area (Å²) in [6, 6.07) is 1.14. The Labute approximate surface area is 80.3 Å². The van der Waals surface area contributed by atoms with Crippen molar-refractivity contribution < 1.29 is 23.8 Å². The number of ether oxygens (including phenoxy) is 1. The Morgan fingerprint density at radius 2 is 2.29 bits per heavy atom. The summed E-state index contributed by atoms with van der Waals surface area (Å²) in [6.45, 7) is 2.15. The number of hydrogen-bond donors (Lipinski definition) is 1. The molecule has 0 unspecified atom stereocenters. The first-order valence-electron chi connectivity index (χ1n) is 4.14. The maximum atomic E-state index is 11.1. The number of carbonyl (C=O) groups excluding carboxylic acids is 1. The molecule has 0 atom stereocenters. The first-order valence-corrected chi connectivity index (χ1v) is 4.14. The highest BCUT2D eigenvalue weighted by molar-refractivity contribution is 5.92. The van der Waals surface area contributed by atoms with Crippen LogP contribution in [0.5, 0.6) is 0 Å². The quantitative estimate of drug-likeness (QED) is 0.742. The number of furan rings is 1. The summed E-state index contributed by atoms with van der Waals surface area (Å²) in [5.41, 5.74) is -0.0616. The van der Waals surface area contributed by atoms with Gasteiger partial charge in [0.05, 0.1) is 12.2 Å². The average Bonchev–Trinajstić information content (AvgIpc) is 2.62. The van der Waals surface area contributed by atoms with Crippen molar-refractivity contribution in [3.8, 4) is 0 Å². The number of carboxylic acids is 1. The van der Waals surface area contributed by atoms with Gasteiger partial charge in [-0.25, -0.2) is 9.59 Å². The minimum Gasteiger partial charge on any atom is -0.478 e. The zero-order valence-corrected chi connectivity index (χ0v) is 7.65. The van der Waals surface area contributed by atoms with E-state index in [-0.39, 0.29) is 11.3 Å². The summed E-state index contributed by atoms with van der Waals surface area (Å²) >= 11 is 0. The van der Waals surface area contributed by atoms with Crippen molar-refractivity contribution in [2.75, 3.05) is 6.61 Å². The van der Waals surface area contributed by atoms with Gasteiger partial charge in [0, 0.05) is 6.07 Å². The highest BCUT2D eigenvalue weighted by Crippen LogP contribution is 2.09. The lowest BCUT2D eigenvalue weighted by molar-refractivity contribution is 0.0468. The molecule has 5 heteroatoms. The molecule has 1 heterocycles. The van der Waals surface area contributed by atoms with E-state index in [1.54, 1.807) is 0 Å². The average molecular weight is 198 g/mol. The second-order valence-electron chi connectivity index (χ2n) is 2.64. The smallest absolute Gasteiger partial charge is 0.374 e. The molecule has 76 valence electrons. The number of hydrogen-bond acceptors (Lipinski definition) is 4. The van der Waals surface area contributed by atoms with Gasteiger partial charge in [-0.2, -0.15) is 0 Å². The summed E-state index contributed by atoms with van der Waals surface area (Å²) in [4.78, 5) is 21.6. The normalized spacial score (nSPS) is 9.79. The Kier molecular flexibility index (Phi) is 3.28. The molecular formula is C9H10O5. The van der Waals surface area contributed by atoms with Gasteiger partial charge in [0.2, 0.25) is 5.76 Å². The lowest BCUT2D eigenvalue weighted by Gasteiger charge is -1.97. The number of rotatable bonds is 4. The molecule has 5 nitrogen and oxygen atoms in total. The molecule has 0 amide bonds. The highest BCUT2D eigenvalue weighted by Gasteiger charge is 2.15. The molecule has 14 heavy (non-hydrogen) atoms. The third-order valence-electron chi connectivity index (χ3n) is 1.48. The van der Waals surface area contributed by atoms with E-state index in [1.165, 1.54) is 0 Å². The third kappa shape index (κ3) is 2.35. The zero-order valence-electron chi connectivity index (χ0n) is 7.65.